The monoisotopic (exact) mass is 318 g/mol. The lowest BCUT2D eigenvalue weighted by atomic mass is 10.1. The van der Waals surface area contributed by atoms with Crippen LogP contribution in [0.25, 0.3) is 11.3 Å². The molecule has 1 unspecified atom stereocenters. The Kier molecular flexibility index (Phi) is 4.48. The number of carbonyl (C=O) groups excluding carboxylic acids is 1. The molecule has 1 aromatic heterocycles. The van der Waals surface area contributed by atoms with Crippen molar-refractivity contribution in [1.29, 1.82) is 0 Å². The van der Waals surface area contributed by atoms with E-state index in [1.807, 2.05) is 23.1 Å². The summed E-state index contributed by atoms with van der Waals surface area (Å²) in [5.74, 6) is 0.799. The van der Waals surface area contributed by atoms with Crippen LogP contribution in [0.2, 0.25) is 5.02 Å². The van der Waals surface area contributed by atoms with Gasteiger partial charge >= 0.3 is 0 Å². The molecule has 0 radical (unpaired) electrons. The first-order valence-electron chi connectivity index (χ1n) is 7.68. The number of amides is 1. The third-order valence-corrected chi connectivity index (χ3v) is 4.44. The molecular formula is C17H19ClN2O2. The van der Waals surface area contributed by atoms with Gasteiger partial charge in [-0.25, -0.2) is 0 Å². The van der Waals surface area contributed by atoms with E-state index >= 15 is 0 Å². The van der Waals surface area contributed by atoms with Crippen LogP contribution in [0.5, 0.6) is 0 Å². The molecule has 0 spiro atoms. The zero-order valence-corrected chi connectivity index (χ0v) is 13.3. The van der Waals surface area contributed by atoms with E-state index in [2.05, 4.69) is 12.1 Å². The molecule has 0 bridgehead atoms. The molecule has 1 aromatic carbocycles. The summed E-state index contributed by atoms with van der Waals surface area (Å²) in [6.07, 6.45) is 3.52. The molecule has 22 heavy (non-hydrogen) atoms. The van der Waals surface area contributed by atoms with E-state index in [-0.39, 0.29) is 5.91 Å². The SMILES string of the molecule is CCC1CCCN1C(=O)Cc1cc(-c2ccc(Cl)cc2)on1. The van der Waals surface area contributed by atoms with Crippen molar-refractivity contribution in [3.63, 3.8) is 0 Å². The quantitative estimate of drug-likeness (QED) is 0.857. The summed E-state index contributed by atoms with van der Waals surface area (Å²) in [4.78, 5) is 14.4. The van der Waals surface area contributed by atoms with Crippen molar-refractivity contribution < 1.29 is 9.32 Å². The standard InChI is InChI=1S/C17H19ClN2O2/c1-2-15-4-3-9-20(15)17(21)11-14-10-16(22-19-14)12-5-7-13(18)8-6-12/h5-8,10,15H,2-4,9,11H2,1H3. The fourth-order valence-corrected chi connectivity index (χ4v) is 3.12. The summed E-state index contributed by atoms with van der Waals surface area (Å²) >= 11 is 5.88. The maximum atomic E-state index is 12.4. The number of carbonyl (C=O) groups is 1. The van der Waals surface area contributed by atoms with Gasteiger partial charge in [0.05, 0.1) is 12.1 Å². The molecule has 0 aliphatic carbocycles. The first-order valence-corrected chi connectivity index (χ1v) is 8.06. The fourth-order valence-electron chi connectivity index (χ4n) is 2.99. The van der Waals surface area contributed by atoms with Crippen molar-refractivity contribution in [1.82, 2.24) is 10.1 Å². The number of benzene rings is 1. The van der Waals surface area contributed by atoms with Crippen LogP contribution in [0.15, 0.2) is 34.9 Å². The average molecular weight is 319 g/mol. The molecular weight excluding hydrogens is 300 g/mol. The summed E-state index contributed by atoms with van der Waals surface area (Å²) in [6, 6.07) is 9.58. The number of rotatable bonds is 4. The smallest absolute Gasteiger partial charge is 0.228 e. The van der Waals surface area contributed by atoms with Crippen LogP contribution in [0.4, 0.5) is 0 Å². The van der Waals surface area contributed by atoms with Crippen molar-refractivity contribution in [3.8, 4) is 11.3 Å². The molecule has 1 amide bonds. The van der Waals surface area contributed by atoms with Gasteiger partial charge in [0.2, 0.25) is 5.91 Å². The van der Waals surface area contributed by atoms with Crippen molar-refractivity contribution in [2.24, 2.45) is 0 Å². The van der Waals surface area contributed by atoms with Crippen LogP contribution in [0.1, 0.15) is 31.9 Å². The van der Waals surface area contributed by atoms with Gasteiger partial charge in [-0.15, -0.1) is 0 Å². The third kappa shape index (κ3) is 3.17. The molecule has 116 valence electrons. The zero-order chi connectivity index (χ0) is 15.5. The van der Waals surface area contributed by atoms with Crippen LogP contribution in [-0.2, 0) is 11.2 Å². The summed E-state index contributed by atoms with van der Waals surface area (Å²) in [7, 11) is 0. The molecule has 1 aliphatic heterocycles. The van der Waals surface area contributed by atoms with E-state index in [1.54, 1.807) is 12.1 Å². The van der Waals surface area contributed by atoms with E-state index in [0.717, 1.165) is 31.4 Å². The Labute approximate surface area is 135 Å². The lowest BCUT2D eigenvalue weighted by molar-refractivity contribution is -0.131. The van der Waals surface area contributed by atoms with Gasteiger partial charge in [-0.2, -0.15) is 0 Å². The zero-order valence-electron chi connectivity index (χ0n) is 12.6. The van der Waals surface area contributed by atoms with Crippen LogP contribution in [0.3, 0.4) is 0 Å². The molecule has 3 rings (SSSR count). The molecule has 0 saturated carbocycles. The lowest BCUT2D eigenvalue weighted by Gasteiger charge is -2.23. The van der Waals surface area contributed by atoms with Gasteiger partial charge in [0.1, 0.15) is 0 Å². The second kappa shape index (κ2) is 6.53. The topological polar surface area (TPSA) is 46.3 Å². The second-order valence-corrected chi connectivity index (χ2v) is 6.09. The van der Waals surface area contributed by atoms with Crippen molar-refractivity contribution >= 4 is 17.5 Å². The minimum absolute atomic E-state index is 0.139. The Balaban J connectivity index is 1.69. The van der Waals surface area contributed by atoms with Crippen LogP contribution in [0, 0.1) is 0 Å². The molecule has 1 fully saturated rings. The molecule has 1 saturated heterocycles. The Morgan fingerprint density at radius 1 is 1.41 bits per heavy atom. The minimum atomic E-state index is 0.139. The second-order valence-electron chi connectivity index (χ2n) is 5.66. The molecule has 1 atom stereocenters. The van der Waals surface area contributed by atoms with E-state index in [1.165, 1.54) is 0 Å². The third-order valence-electron chi connectivity index (χ3n) is 4.19. The average Bonchev–Trinajstić information content (AvgIpc) is 3.16. The predicted octanol–water partition coefficient (Wildman–Crippen LogP) is 3.94. The highest BCUT2D eigenvalue weighted by molar-refractivity contribution is 6.30. The van der Waals surface area contributed by atoms with Crippen molar-refractivity contribution in [3.05, 3.63) is 41.0 Å². The maximum absolute atomic E-state index is 12.4. The van der Waals surface area contributed by atoms with Gasteiger partial charge in [-0.05, 0) is 43.5 Å². The number of halogens is 1. The van der Waals surface area contributed by atoms with E-state index < -0.39 is 0 Å². The molecule has 0 N–H and O–H groups in total. The van der Waals surface area contributed by atoms with Crippen LogP contribution >= 0.6 is 11.6 Å². The van der Waals surface area contributed by atoms with E-state index in [9.17, 15) is 4.79 Å². The highest BCUT2D eigenvalue weighted by atomic mass is 35.5. The molecule has 5 heteroatoms. The van der Waals surface area contributed by atoms with Gasteiger partial charge in [0, 0.05) is 29.2 Å². The highest BCUT2D eigenvalue weighted by Gasteiger charge is 2.27. The first kappa shape index (κ1) is 15.1. The molecule has 2 aromatic rings. The van der Waals surface area contributed by atoms with Gasteiger partial charge in [-0.3, -0.25) is 4.79 Å². The normalized spacial score (nSPS) is 17.9. The lowest BCUT2D eigenvalue weighted by Crippen LogP contribution is -2.36. The van der Waals surface area contributed by atoms with Crippen molar-refractivity contribution in [2.45, 2.75) is 38.6 Å². The van der Waals surface area contributed by atoms with Gasteiger partial charge in [0.15, 0.2) is 5.76 Å². The number of aromatic nitrogens is 1. The van der Waals surface area contributed by atoms with Crippen molar-refractivity contribution in [2.75, 3.05) is 6.54 Å². The fraction of sp³-hybridized carbons (Fsp3) is 0.412. The van der Waals surface area contributed by atoms with Gasteiger partial charge < -0.3 is 9.42 Å². The summed E-state index contributed by atoms with van der Waals surface area (Å²) < 4.78 is 5.34. The Morgan fingerprint density at radius 3 is 2.91 bits per heavy atom. The van der Waals surface area contributed by atoms with Gasteiger partial charge in [-0.1, -0.05) is 23.7 Å². The van der Waals surface area contributed by atoms with E-state index in [4.69, 9.17) is 16.1 Å². The number of likely N-dealkylation sites (tertiary alicyclic amines) is 1. The predicted molar refractivity (Wildman–Crippen MR) is 85.7 cm³/mol. The Bertz CT molecular complexity index is 651. The summed E-state index contributed by atoms with van der Waals surface area (Å²) in [5, 5.41) is 4.70. The highest BCUT2D eigenvalue weighted by Crippen LogP contribution is 2.24. The van der Waals surface area contributed by atoms with E-state index in [0.29, 0.717) is 28.9 Å². The number of hydrogen-bond donors (Lipinski definition) is 0. The number of nitrogens with zero attached hydrogens (tertiary/aromatic N) is 2. The largest absolute Gasteiger partial charge is 0.356 e. The Hall–Kier alpha value is -1.81. The van der Waals surface area contributed by atoms with Gasteiger partial charge in [0.25, 0.3) is 0 Å². The maximum Gasteiger partial charge on any atom is 0.228 e. The molecule has 2 heterocycles. The molecule has 4 nitrogen and oxygen atoms in total. The number of hydrogen-bond acceptors (Lipinski definition) is 3. The first-order chi connectivity index (χ1) is 10.7. The van der Waals surface area contributed by atoms with Crippen LogP contribution in [-0.4, -0.2) is 28.6 Å². The molecule has 1 aliphatic rings. The van der Waals surface area contributed by atoms with Crippen LogP contribution < -0.4 is 0 Å². The summed E-state index contributed by atoms with van der Waals surface area (Å²) in [6.45, 7) is 2.99. The summed E-state index contributed by atoms with van der Waals surface area (Å²) in [5.41, 5.74) is 1.58. The Morgan fingerprint density at radius 2 is 2.18 bits per heavy atom. The minimum Gasteiger partial charge on any atom is -0.356 e.